The quantitative estimate of drug-likeness (QED) is 0.512. The maximum atomic E-state index is 2.26. The standard InChI is InChI=1S/C23H18/c1-2-7-18(8-3-1)17-19-13-15-21(16-14-19)23-12-6-10-20-9-4-5-11-22(20)23/h1-7,9-17H,8H2/b18-17+. The van der Waals surface area contributed by atoms with Gasteiger partial charge in [-0.25, -0.2) is 0 Å². The molecule has 3 aromatic rings. The molecule has 0 fully saturated rings. The Labute approximate surface area is 137 Å². The lowest BCUT2D eigenvalue weighted by atomic mass is 9.97. The Bertz CT molecular complexity index is 916. The van der Waals surface area contributed by atoms with Crippen molar-refractivity contribution in [1.29, 1.82) is 0 Å². The third-order valence-corrected chi connectivity index (χ3v) is 4.27. The molecule has 0 saturated heterocycles. The molecule has 4 rings (SSSR count). The molecular weight excluding hydrogens is 276 g/mol. The van der Waals surface area contributed by atoms with Gasteiger partial charge >= 0.3 is 0 Å². The van der Waals surface area contributed by atoms with Crippen LogP contribution in [-0.4, -0.2) is 0 Å². The zero-order valence-electron chi connectivity index (χ0n) is 12.9. The van der Waals surface area contributed by atoms with E-state index in [-0.39, 0.29) is 0 Å². The van der Waals surface area contributed by atoms with Crippen molar-refractivity contribution < 1.29 is 0 Å². The number of benzene rings is 3. The summed E-state index contributed by atoms with van der Waals surface area (Å²) >= 11 is 0. The van der Waals surface area contributed by atoms with E-state index in [0.717, 1.165) is 6.42 Å². The Morgan fingerprint density at radius 2 is 1.57 bits per heavy atom. The number of allylic oxidation sites excluding steroid dienone is 5. The highest BCUT2D eigenvalue weighted by Gasteiger charge is 2.03. The first-order chi connectivity index (χ1) is 11.4. The van der Waals surface area contributed by atoms with Gasteiger partial charge in [-0.05, 0) is 39.5 Å². The van der Waals surface area contributed by atoms with E-state index in [1.807, 2.05) is 0 Å². The van der Waals surface area contributed by atoms with E-state index >= 15 is 0 Å². The number of fused-ring (bicyclic) bond motifs is 1. The van der Waals surface area contributed by atoms with E-state index in [1.165, 1.54) is 33.0 Å². The van der Waals surface area contributed by atoms with E-state index < -0.39 is 0 Å². The maximum absolute atomic E-state index is 2.26. The third kappa shape index (κ3) is 2.89. The summed E-state index contributed by atoms with van der Waals surface area (Å²) in [7, 11) is 0. The second kappa shape index (κ2) is 6.10. The first-order valence-electron chi connectivity index (χ1n) is 8.02. The Kier molecular flexibility index (Phi) is 3.65. The molecule has 0 unspecified atom stereocenters. The van der Waals surface area contributed by atoms with Crippen LogP contribution in [0.15, 0.2) is 96.6 Å². The molecule has 0 saturated carbocycles. The normalized spacial score (nSPS) is 15.4. The van der Waals surface area contributed by atoms with Gasteiger partial charge in [0.2, 0.25) is 0 Å². The molecule has 0 nitrogen and oxygen atoms in total. The number of rotatable bonds is 2. The van der Waals surface area contributed by atoms with Crippen LogP contribution in [0.25, 0.3) is 28.0 Å². The highest BCUT2D eigenvalue weighted by molar-refractivity contribution is 5.96. The van der Waals surface area contributed by atoms with E-state index in [1.54, 1.807) is 0 Å². The Morgan fingerprint density at radius 3 is 2.39 bits per heavy atom. The largest absolute Gasteiger partial charge is 0.0801 e. The minimum absolute atomic E-state index is 1.02. The highest BCUT2D eigenvalue weighted by Crippen LogP contribution is 2.29. The van der Waals surface area contributed by atoms with Gasteiger partial charge in [-0.15, -0.1) is 0 Å². The molecule has 110 valence electrons. The topological polar surface area (TPSA) is 0 Å². The number of hydrogen-bond donors (Lipinski definition) is 0. The van der Waals surface area contributed by atoms with Gasteiger partial charge in [-0.2, -0.15) is 0 Å². The monoisotopic (exact) mass is 294 g/mol. The van der Waals surface area contributed by atoms with Crippen LogP contribution in [0.5, 0.6) is 0 Å². The minimum Gasteiger partial charge on any atom is -0.0801 e. The number of hydrogen-bond acceptors (Lipinski definition) is 0. The summed E-state index contributed by atoms with van der Waals surface area (Å²) in [5, 5.41) is 2.59. The fourth-order valence-electron chi connectivity index (χ4n) is 3.09. The summed E-state index contributed by atoms with van der Waals surface area (Å²) < 4.78 is 0. The predicted octanol–water partition coefficient (Wildman–Crippen LogP) is 6.41. The molecule has 0 heterocycles. The molecule has 23 heavy (non-hydrogen) atoms. The van der Waals surface area contributed by atoms with Gasteiger partial charge < -0.3 is 0 Å². The first-order valence-corrected chi connectivity index (χ1v) is 8.02. The molecule has 0 amide bonds. The second-order valence-electron chi connectivity index (χ2n) is 5.86. The van der Waals surface area contributed by atoms with Crippen LogP contribution in [0, 0.1) is 0 Å². The van der Waals surface area contributed by atoms with E-state index in [2.05, 4.69) is 97.1 Å². The zero-order chi connectivity index (χ0) is 15.5. The molecule has 0 spiro atoms. The van der Waals surface area contributed by atoms with Gasteiger partial charge in [0, 0.05) is 0 Å². The van der Waals surface area contributed by atoms with E-state index in [0.29, 0.717) is 0 Å². The molecule has 0 aliphatic heterocycles. The molecule has 0 N–H and O–H groups in total. The first kappa shape index (κ1) is 13.8. The van der Waals surface area contributed by atoms with Gasteiger partial charge in [-0.1, -0.05) is 97.1 Å². The van der Waals surface area contributed by atoms with Crippen LogP contribution in [0.3, 0.4) is 0 Å². The van der Waals surface area contributed by atoms with Crippen molar-refractivity contribution in [1.82, 2.24) is 0 Å². The fraction of sp³-hybridized carbons (Fsp3) is 0.0435. The van der Waals surface area contributed by atoms with Crippen LogP contribution in [0.2, 0.25) is 0 Å². The molecule has 1 aliphatic carbocycles. The van der Waals surface area contributed by atoms with Crippen molar-refractivity contribution >= 4 is 16.8 Å². The molecule has 0 bridgehead atoms. The average molecular weight is 294 g/mol. The lowest BCUT2D eigenvalue weighted by Gasteiger charge is -2.08. The molecule has 0 atom stereocenters. The molecule has 0 radical (unpaired) electrons. The van der Waals surface area contributed by atoms with E-state index in [9.17, 15) is 0 Å². The SMILES string of the molecule is C1=CC/C(=C/c2ccc(-c3cccc4ccccc34)cc2)C=C1. The zero-order valence-corrected chi connectivity index (χ0v) is 12.9. The maximum Gasteiger partial charge on any atom is -0.00941 e. The minimum atomic E-state index is 1.02. The summed E-state index contributed by atoms with van der Waals surface area (Å²) in [4.78, 5) is 0. The summed E-state index contributed by atoms with van der Waals surface area (Å²) in [6.45, 7) is 0. The Morgan fingerprint density at radius 1 is 0.739 bits per heavy atom. The van der Waals surface area contributed by atoms with Gasteiger partial charge in [-0.3, -0.25) is 0 Å². The molecule has 3 aromatic carbocycles. The molecule has 0 heteroatoms. The van der Waals surface area contributed by atoms with Crippen molar-refractivity contribution in [2.45, 2.75) is 6.42 Å². The lowest BCUT2D eigenvalue weighted by molar-refractivity contribution is 1.28. The van der Waals surface area contributed by atoms with Crippen LogP contribution < -0.4 is 0 Å². The van der Waals surface area contributed by atoms with Gasteiger partial charge in [0.1, 0.15) is 0 Å². The van der Waals surface area contributed by atoms with Crippen LogP contribution in [0.1, 0.15) is 12.0 Å². The van der Waals surface area contributed by atoms with Crippen molar-refractivity contribution in [2.75, 3.05) is 0 Å². The van der Waals surface area contributed by atoms with Gasteiger partial charge in [0.15, 0.2) is 0 Å². The average Bonchev–Trinajstić information content (AvgIpc) is 2.63. The summed E-state index contributed by atoms with van der Waals surface area (Å²) in [5.74, 6) is 0. The van der Waals surface area contributed by atoms with Gasteiger partial charge in [0.25, 0.3) is 0 Å². The smallest absolute Gasteiger partial charge is 0.00941 e. The fourth-order valence-corrected chi connectivity index (χ4v) is 3.09. The summed E-state index contributed by atoms with van der Waals surface area (Å²) in [6.07, 6.45) is 11.8. The second-order valence-corrected chi connectivity index (χ2v) is 5.86. The van der Waals surface area contributed by atoms with Gasteiger partial charge in [0.05, 0.1) is 0 Å². The van der Waals surface area contributed by atoms with Crippen molar-refractivity contribution in [2.24, 2.45) is 0 Å². The molecule has 0 aromatic heterocycles. The van der Waals surface area contributed by atoms with Crippen molar-refractivity contribution in [3.8, 4) is 11.1 Å². The predicted molar refractivity (Wildman–Crippen MR) is 100 cm³/mol. The van der Waals surface area contributed by atoms with Crippen molar-refractivity contribution in [3.05, 3.63) is 102 Å². The third-order valence-electron chi connectivity index (χ3n) is 4.27. The molecule has 1 aliphatic rings. The van der Waals surface area contributed by atoms with Crippen LogP contribution in [-0.2, 0) is 0 Å². The summed E-state index contributed by atoms with van der Waals surface area (Å²) in [5.41, 5.74) is 5.17. The Balaban J connectivity index is 1.70. The highest BCUT2D eigenvalue weighted by atomic mass is 14.1. The van der Waals surface area contributed by atoms with E-state index in [4.69, 9.17) is 0 Å². The van der Waals surface area contributed by atoms with Crippen LogP contribution in [0.4, 0.5) is 0 Å². The lowest BCUT2D eigenvalue weighted by Crippen LogP contribution is -1.84. The summed E-state index contributed by atoms with van der Waals surface area (Å²) in [6, 6.07) is 23.9. The van der Waals surface area contributed by atoms with Crippen molar-refractivity contribution in [3.63, 3.8) is 0 Å². The molecular formula is C23H18. The van der Waals surface area contributed by atoms with Crippen LogP contribution >= 0.6 is 0 Å². The Hall–Kier alpha value is -2.86.